The summed E-state index contributed by atoms with van der Waals surface area (Å²) >= 11 is 0. The molecule has 0 bridgehead atoms. The van der Waals surface area contributed by atoms with E-state index in [0.29, 0.717) is 0 Å². The maximum atomic E-state index is 2.57. The third-order valence-corrected chi connectivity index (χ3v) is 10.9. The topological polar surface area (TPSA) is 4.93 Å². The van der Waals surface area contributed by atoms with Crippen LogP contribution in [0, 0.1) is 0 Å². The molecule has 0 atom stereocenters. The van der Waals surface area contributed by atoms with Crippen molar-refractivity contribution in [3.8, 4) is 39.2 Å². The highest BCUT2D eigenvalue weighted by Gasteiger charge is 2.26. The van der Waals surface area contributed by atoms with E-state index >= 15 is 0 Å². The average Bonchev–Trinajstić information content (AvgIpc) is 3.54. The van der Waals surface area contributed by atoms with Gasteiger partial charge in [-0.05, 0) is 83.5 Å². The van der Waals surface area contributed by atoms with E-state index in [2.05, 4.69) is 193 Å². The molecule has 0 aliphatic rings. The van der Waals surface area contributed by atoms with Gasteiger partial charge in [-0.15, -0.1) is 0 Å². The van der Waals surface area contributed by atoms with E-state index < -0.39 is 0 Å². The first-order valence-corrected chi connectivity index (χ1v) is 17.7. The Morgan fingerprint density at radius 1 is 0.314 bits per heavy atom. The van der Waals surface area contributed by atoms with Crippen LogP contribution in [0.4, 0.5) is 0 Å². The molecule has 10 aromatic carbocycles. The van der Waals surface area contributed by atoms with Crippen molar-refractivity contribution in [2.75, 3.05) is 0 Å². The first kappa shape index (κ1) is 28.2. The van der Waals surface area contributed by atoms with Crippen molar-refractivity contribution in [2.24, 2.45) is 0 Å². The first-order chi connectivity index (χ1) is 25.3. The fraction of sp³-hybridized carbons (Fsp3) is 0. The zero-order valence-electron chi connectivity index (χ0n) is 27.8. The van der Waals surface area contributed by atoms with Crippen LogP contribution in [0.5, 0.6) is 0 Å². The Morgan fingerprint density at radius 3 is 1.75 bits per heavy atom. The number of fused-ring (bicyclic) bond motifs is 4. The van der Waals surface area contributed by atoms with E-state index in [0.717, 1.165) is 0 Å². The van der Waals surface area contributed by atoms with Crippen LogP contribution < -0.4 is 0 Å². The van der Waals surface area contributed by atoms with E-state index in [1.807, 2.05) is 0 Å². The lowest BCUT2D eigenvalue weighted by Crippen LogP contribution is -2.00. The number of aromatic nitrogens is 1. The minimum atomic E-state index is 1.18. The number of benzene rings is 10. The molecule has 1 nitrogen and oxygen atoms in total. The van der Waals surface area contributed by atoms with E-state index in [1.54, 1.807) is 0 Å². The largest absolute Gasteiger partial charge is 0.307 e. The van der Waals surface area contributed by atoms with Crippen molar-refractivity contribution < 1.29 is 0 Å². The Kier molecular flexibility index (Phi) is 6.02. The molecule has 11 rings (SSSR count). The second-order valence-corrected chi connectivity index (χ2v) is 13.7. The van der Waals surface area contributed by atoms with Crippen molar-refractivity contribution >= 4 is 64.8 Å². The highest BCUT2D eigenvalue weighted by Crippen LogP contribution is 2.49. The van der Waals surface area contributed by atoms with Crippen LogP contribution in [-0.2, 0) is 0 Å². The lowest BCUT2D eigenvalue weighted by Gasteiger charge is -2.19. The third kappa shape index (κ3) is 4.16. The third-order valence-electron chi connectivity index (χ3n) is 10.9. The predicted octanol–water partition coefficient (Wildman–Crippen LogP) is 13.8. The molecule has 0 radical (unpaired) electrons. The van der Waals surface area contributed by atoms with Gasteiger partial charge in [-0.3, -0.25) is 0 Å². The summed E-state index contributed by atoms with van der Waals surface area (Å²) < 4.78 is 2.57. The van der Waals surface area contributed by atoms with E-state index in [4.69, 9.17) is 0 Å². The molecular weight excluding hydrogens is 615 g/mol. The molecule has 236 valence electrons. The summed E-state index contributed by atoms with van der Waals surface area (Å²) in [4.78, 5) is 0. The lowest BCUT2D eigenvalue weighted by atomic mass is 9.91. The summed E-state index contributed by atoms with van der Waals surface area (Å²) in [5.41, 5.74) is 9.74. The van der Waals surface area contributed by atoms with Crippen molar-refractivity contribution in [3.63, 3.8) is 0 Å². The second kappa shape index (κ2) is 10.9. The Hall–Kier alpha value is -6.70. The van der Waals surface area contributed by atoms with Crippen molar-refractivity contribution in [2.45, 2.75) is 0 Å². The monoisotopic (exact) mass is 645 g/mol. The first-order valence-electron chi connectivity index (χ1n) is 17.7. The number of rotatable bonds is 4. The maximum Gasteiger partial charge on any atom is 0.0620 e. The molecule has 0 amide bonds. The SMILES string of the molecule is c1ccc(-c2c(-c3ccccc3)n(-c3ccc(-c4ccc5ccccc5c4)c4ccccc34)c3c2cc2ccc4cccc5ccc3c2c45)cc1. The van der Waals surface area contributed by atoms with Gasteiger partial charge in [0.05, 0.1) is 16.9 Å². The van der Waals surface area contributed by atoms with Gasteiger partial charge in [0, 0.05) is 21.7 Å². The zero-order valence-corrected chi connectivity index (χ0v) is 27.8. The standard InChI is InChI=1S/C50H31N/c1-3-13-33(14-4-1)48-44-31-39-25-23-34-18-11-19-35-26-27-43(47(39)46(34)35)50(44)51(49(48)36-15-5-2-6-16-36)45-29-28-40(41-20-9-10-21-42(41)45)38-24-22-32-12-7-8-17-37(32)30-38/h1-31H. The van der Waals surface area contributed by atoms with Gasteiger partial charge in [0.25, 0.3) is 0 Å². The molecule has 0 unspecified atom stereocenters. The van der Waals surface area contributed by atoms with Crippen molar-refractivity contribution in [1.29, 1.82) is 0 Å². The van der Waals surface area contributed by atoms with Crippen molar-refractivity contribution in [1.82, 2.24) is 4.57 Å². The molecule has 0 N–H and O–H groups in total. The van der Waals surface area contributed by atoms with Crippen LogP contribution in [0.2, 0.25) is 0 Å². The molecule has 0 fully saturated rings. The molecule has 0 saturated heterocycles. The minimum Gasteiger partial charge on any atom is -0.307 e. The molecule has 0 spiro atoms. The average molecular weight is 646 g/mol. The molecule has 51 heavy (non-hydrogen) atoms. The number of hydrogen-bond donors (Lipinski definition) is 0. The Morgan fingerprint density at radius 2 is 0.941 bits per heavy atom. The van der Waals surface area contributed by atoms with Gasteiger partial charge in [0.15, 0.2) is 0 Å². The van der Waals surface area contributed by atoms with Crippen LogP contribution in [0.15, 0.2) is 188 Å². The van der Waals surface area contributed by atoms with E-state index in [9.17, 15) is 0 Å². The highest BCUT2D eigenvalue weighted by atomic mass is 15.0. The smallest absolute Gasteiger partial charge is 0.0620 e. The molecule has 0 aliphatic heterocycles. The minimum absolute atomic E-state index is 1.18. The van der Waals surface area contributed by atoms with Crippen LogP contribution >= 0.6 is 0 Å². The van der Waals surface area contributed by atoms with E-state index in [-0.39, 0.29) is 0 Å². The normalized spacial score (nSPS) is 11.9. The second-order valence-electron chi connectivity index (χ2n) is 13.7. The van der Waals surface area contributed by atoms with Crippen LogP contribution in [0.1, 0.15) is 0 Å². The molecular formula is C50H31N. The van der Waals surface area contributed by atoms with E-state index in [1.165, 1.54) is 104 Å². The van der Waals surface area contributed by atoms with Gasteiger partial charge in [0.2, 0.25) is 0 Å². The van der Waals surface area contributed by atoms with Crippen molar-refractivity contribution in [3.05, 3.63) is 188 Å². The fourth-order valence-electron chi connectivity index (χ4n) is 8.67. The van der Waals surface area contributed by atoms with Gasteiger partial charge in [0.1, 0.15) is 0 Å². The molecule has 11 aromatic rings. The Bertz CT molecular complexity index is 3100. The van der Waals surface area contributed by atoms with Crippen LogP contribution in [0.25, 0.3) is 104 Å². The maximum absolute atomic E-state index is 2.57. The summed E-state index contributed by atoms with van der Waals surface area (Å²) in [7, 11) is 0. The summed E-state index contributed by atoms with van der Waals surface area (Å²) in [6.45, 7) is 0. The molecule has 0 aliphatic carbocycles. The Labute approximate surface area is 295 Å². The van der Waals surface area contributed by atoms with Gasteiger partial charge >= 0.3 is 0 Å². The Balaban J connectivity index is 1.33. The van der Waals surface area contributed by atoms with Crippen LogP contribution in [0.3, 0.4) is 0 Å². The van der Waals surface area contributed by atoms with Gasteiger partial charge < -0.3 is 4.57 Å². The summed E-state index contributed by atoms with van der Waals surface area (Å²) in [6, 6.07) is 69.4. The summed E-state index contributed by atoms with van der Waals surface area (Å²) in [6.07, 6.45) is 0. The quantitative estimate of drug-likeness (QED) is 0.168. The zero-order chi connectivity index (χ0) is 33.5. The van der Waals surface area contributed by atoms with Crippen LogP contribution in [-0.4, -0.2) is 4.57 Å². The summed E-state index contributed by atoms with van der Waals surface area (Å²) in [5, 5.41) is 14.0. The predicted molar refractivity (Wildman–Crippen MR) is 218 cm³/mol. The fourth-order valence-corrected chi connectivity index (χ4v) is 8.67. The lowest BCUT2D eigenvalue weighted by molar-refractivity contribution is 1.16. The number of hydrogen-bond acceptors (Lipinski definition) is 0. The molecule has 1 aromatic heterocycles. The molecule has 0 saturated carbocycles. The number of nitrogens with zero attached hydrogens (tertiary/aromatic N) is 1. The molecule has 1 heteroatoms. The van der Waals surface area contributed by atoms with Gasteiger partial charge in [-0.1, -0.05) is 170 Å². The van der Waals surface area contributed by atoms with Gasteiger partial charge in [-0.25, -0.2) is 0 Å². The molecule has 1 heterocycles. The van der Waals surface area contributed by atoms with Gasteiger partial charge in [-0.2, -0.15) is 0 Å². The highest BCUT2D eigenvalue weighted by molar-refractivity contribution is 6.31. The summed E-state index contributed by atoms with van der Waals surface area (Å²) in [5.74, 6) is 0.